The first-order chi connectivity index (χ1) is 10.2. The maximum absolute atomic E-state index is 12.5. The van der Waals surface area contributed by atoms with Gasteiger partial charge in [0.05, 0.1) is 13.2 Å². The van der Waals surface area contributed by atoms with E-state index in [1.54, 1.807) is 0 Å². The van der Waals surface area contributed by atoms with Crippen LogP contribution >= 0.6 is 0 Å². The highest BCUT2D eigenvalue weighted by Crippen LogP contribution is 2.55. The molecule has 0 radical (unpaired) electrons. The fourth-order valence-electron chi connectivity index (χ4n) is 4.33. The Labute approximate surface area is 124 Å². The lowest BCUT2D eigenvalue weighted by Gasteiger charge is -2.36. The number of fused-ring (bicyclic) bond motifs is 5. The molecule has 0 aliphatic carbocycles. The van der Waals surface area contributed by atoms with Gasteiger partial charge in [0.1, 0.15) is 17.9 Å². The van der Waals surface area contributed by atoms with Crippen molar-refractivity contribution in [2.24, 2.45) is 0 Å². The van der Waals surface area contributed by atoms with Crippen LogP contribution in [0.2, 0.25) is 0 Å². The molecule has 4 heteroatoms. The summed E-state index contributed by atoms with van der Waals surface area (Å²) in [5.41, 5.74) is 2.96. The Bertz CT molecular complexity index is 651. The number of hydrogen-bond donors (Lipinski definition) is 0. The highest BCUT2D eigenvalue weighted by Gasteiger charge is 2.59. The third-order valence-electron chi connectivity index (χ3n) is 5.29. The van der Waals surface area contributed by atoms with Crippen molar-refractivity contribution in [1.82, 2.24) is 4.90 Å². The Hall–Kier alpha value is -1.81. The second kappa shape index (κ2) is 4.34. The van der Waals surface area contributed by atoms with Gasteiger partial charge in [0.15, 0.2) is 0 Å². The van der Waals surface area contributed by atoms with Crippen molar-refractivity contribution in [2.75, 3.05) is 20.3 Å². The molecule has 0 amide bonds. The first kappa shape index (κ1) is 12.9. The molecule has 110 valence electrons. The van der Waals surface area contributed by atoms with Crippen molar-refractivity contribution >= 4 is 5.97 Å². The number of esters is 1. The second-order valence-corrected chi connectivity index (χ2v) is 6.03. The number of hydrogen-bond acceptors (Lipinski definition) is 4. The van der Waals surface area contributed by atoms with Gasteiger partial charge in [-0.25, -0.2) is 4.79 Å². The number of para-hydroxylation sites is 1. The molecule has 0 spiro atoms. The van der Waals surface area contributed by atoms with Gasteiger partial charge in [0.2, 0.25) is 0 Å². The van der Waals surface area contributed by atoms with Crippen LogP contribution in [0, 0.1) is 0 Å². The van der Waals surface area contributed by atoms with E-state index in [0.717, 1.165) is 30.7 Å². The minimum absolute atomic E-state index is 0.128. The summed E-state index contributed by atoms with van der Waals surface area (Å²) in [7, 11) is 1.48. The van der Waals surface area contributed by atoms with Crippen molar-refractivity contribution in [1.29, 1.82) is 0 Å². The van der Waals surface area contributed by atoms with Gasteiger partial charge in [-0.2, -0.15) is 0 Å². The summed E-state index contributed by atoms with van der Waals surface area (Å²) < 4.78 is 11.0. The minimum atomic E-state index is -0.574. The smallest absolute Gasteiger partial charge is 0.330 e. The van der Waals surface area contributed by atoms with Crippen LogP contribution in [0.15, 0.2) is 35.4 Å². The fourth-order valence-corrected chi connectivity index (χ4v) is 4.33. The predicted octanol–water partition coefficient (Wildman–Crippen LogP) is 2.46. The number of carbonyl (C=O) groups is 1. The average molecular weight is 285 g/mol. The SMILES string of the molecule is COC(=O)[C@@]12CCCN1[C@H]1C(=C2C)COc2ccccc21. The van der Waals surface area contributed by atoms with Gasteiger partial charge in [0.25, 0.3) is 0 Å². The molecule has 1 aromatic carbocycles. The van der Waals surface area contributed by atoms with Crippen molar-refractivity contribution in [3.05, 3.63) is 41.0 Å². The van der Waals surface area contributed by atoms with E-state index >= 15 is 0 Å². The van der Waals surface area contributed by atoms with E-state index in [1.807, 2.05) is 18.2 Å². The quantitative estimate of drug-likeness (QED) is 0.587. The number of rotatable bonds is 1. The molecule has 1 fully saturated rings. The Morgan fingerprint density at radius 1 is 1.43 bits per heavy atom. The van der Waals surface area contributed by atoms with Crippen molar-refractivity contribution in [3.8, 4) is 5.75 Å². The molecular weight excluding hydrogens is 266 g/mol. The topological polar surface area (TPSA) is 38.8 Å². The number of methoxy groups -OCH3 is 1. The molecule has 2 atom stereocenters. The van der Waals surface area contributed by atoms with Gasteiger partial charge in [-0.1, -0.05) is 18.2 Å². The summed E-state index contributed by atoms with van der Waals surface area (Å²) in [5.74, 6) is 0.809. The van der Waals surface area contributed by atoms with E-state index in [4.69, 9.17) is 9.47 Å². The van der Waals surface area contributed by atoms with Crippen LogP contribution in [0.25, 0.3) is 0 Å². The zero-order valence-corrected chi connectivity index (χ0v) is 12.4. The Morgan fingerprint density at radius 2 is 2.24 bits per heavy atom. The van der Waals surface area contributed by atoms with Gasteiger partial charge in [0, 0.05) is 12.1 Å². The van der Waals surface area contributed by atoms with Crippen LogP contribution in [0.1, 0.15) is 31.4 Å². The number of nitrogens with zero attached hydrogens (tertiary/aromatic N) is 1. The van der Waals surface area contributed by atoms with E-state index in [1.165, 1.54) is 18.2 Å². The van der Waals surface area contributed by atoms with Crippen LogP contribution in [0.4, 0.5) is 0 Å². The molecule has 1 aromatic rings. The Morgan fingerprint density at radius 3 is 3.05 bits per heavy atom. The fraction of sp³-hybridized carbons (Fsp3) is 0.471. The van der Waals surface area contributed by atoms with Gasteiger partial charge in [-0.15, -0.1) is 0 Å². The molecule has 0 bridgehead atoms. The molecule has 0 aromatic heterocycles. The zero-order chi connectivity index (χ0) is 14.6. The van der Waals surface area contributed by atoms with E-state index in [2.05, 4.69) is 17.9 Å². The van der Waals surface area contributed by atoms with Crippen LogP contribution < -0.4 is 4.74 Å². The van der Waals surface area contributed by atoms with Crippen LogP contribution in [0.5, 0.6) is 5.75 Å². The van der Waals surface area contributed by atoms with E-state index in [0.29, 0.717) is 6.61 Å². The Kier molecular flexibility index (Phi) is 2.67. The molecule has 0 N–H and O–H groups in total. The average Bonchev–Trinajstić information content (AvgIpc) is 3.06. The highest BCUT2D eigenvalue weighted by molar-refractivity contribution is 5.87. The largest absolute Gasteiger partial charge is 0.489 e. The van der Waals surface area contributed by atoms with E-state index in [9.17, 15) is 4.79 Å². The predicted molar refractivity (Wildman–Crippen MR) is 78.1 cm³/mol. The summed E-state index contributed by atoms with van der Waals surface area (Å²) in [5, 5.41) is 0. The standard InChI is InChI=1S/C17H19NO3/c1-11-13-10-21-14-7-4-3-6-12(14)15(13)18-9-5-8-17(11,18)16(19)20-2/h3-4,6-7,15H,5,8-10H2,1-2H3/t15-,17+/m1/s1. The lowest BCUT2D eigenvalue weighted by Crippen LogP contribution is -2.49. The third kappa shape index (κ3) is 1.46. The normalized spacial score (nSPS) is 30.5. The number of ether oxygens (including phenoxy) is 2. The highest BCUT2D eigenvalue weighted by atomic mass is 16.5. The molecule has 21 heavy (non-hydrogen) atoms. The molecule has 1 saturated heterocycles. The van der Waals surface area contributed by atoms with E-state index < -0.39 is 5.54 Å². The molecule has 3 aliphatic rings. The Balaban J connectivity index is 1.90. The molecule has 4 nitrogen and oxygen atoms in total. The van der Waals surface area contributed by atoms with Crippen molar-refractivity contribution in [2.45, 2.75) is 31.3 Å². The van der Waals surface area contributed by atoms with Crippen molar-refractivity contribution in [3.63, 3.8) is 0 Å². The van der Waals surface area contributed by atoms with Crippen LogP contribution in [-0.4, -0.2) is 36.7 Å². The van der Waals surface area contributed by atoms with Crippen molar-refractivity contribution < 1.29 is 14.3 Å². The molecule has 3 heterocycles. The third-order valence-corrected chi connectivity index (χ3v) is 5.29. The summed E-state index contributed by atoms with van der Waals surface area (Å²) in [4.78, 5) is 14.9. The summed E-state index contributed by atoms with van der Waals surface area (Å²) >= 11 is 0. The lowest BCUT2D eigenvalue weighted by atomic mass is 9.87. The second-order valence-electron chi connectivity index (χ2n) is 6.03. The zero-order valence-electron chi connectivity index (χ0n) is 12.4. The van der Waals surface area contributed by atoms with Crippen LogP contribution in [0.3, 0.4) is 0 Å². The maximum Gasteiger partial charge on any atom is 0.330 e. The van der Waals surface area contributed by atoms with Gasteiger partial charge in [-0.3, -0.25) is 4.90 Å². The van der Waals surface area contributed by atoms with Gasteiger partial charge in [-0.05, 0) is 37.0 Å². The molecule has 3 aliphatic heterocycles. The lowest BCUT2D eigenvalue weighted by molar-refractivity contribution is -0.151. The first-order valence-electron chi connectivity index (χ1n) is 7.47. The number of carbonyl (C=O) groups excluding carboxylic acids is 1. The minimum Gasteiger partial charge on any atom is -0.489 e. The van der Waals surface area contributed by atoms with Crippen LogP contribution in [-0.2, 0) is 9.53 Å². The van der Waals surface area contributed by atoms with Gasteiger partial charge >= 0.3 is 5.97 Å². The summed E-state index contributed by atoms with van der Waals surface area (Å²) in [6, 6.07) is 8.31. The van der Waals surface area contributed by atoms with E-state index in [-0.39, 0.29) is 12.0 Å². The summed E-state index contributed by atoms with van der Waals surface area (Å²) in [6.45, 7) is 3.57. The number of benzene rings is 1. The van der Waals surface area contributed by atoms with Gasteiger partial charge < -0.3 is 9.47 Å². The first-order valence-corrected chi connectivity index (χ1v) is 7.47. The molecule has 0 unspecified atom stereocenters. The molecular formula is C17H19NO3. The monoisotopic (exact) mass is 285 g/mol. The molecule has 0 saturated carbocycles. The maximum atomic E-state index is 12.5. The summed E-state index contributed by atoms with van der Waals surface area (Å²) in [6.07, 6.45) is 1.87. The molecule has 4 rings (SSSR count).